The number of nitriles is 1. The summed E-state index contributed by atoms with van der Waals surface area (Å²) in [6.45, 7) is 8.60. The Kier molecular flexibility index (Phi) is 6.26. The third-order valence-electron chi connectivity index (χ3n) is 4.27. The molecule has 0 bridgehead atoms. The number of rotatable bonds is 4. The molecular formula is C17H21BrN4O3. The molecule has 1 aliphatic rings. The number of nitrogens with zero attached hydrogens (tertiary/aromatic N) is 2. The van der Waals surface area contributed by atoms with Crippen LogP contribution in [0.5, 0.6) is 0 Å². The number of H-pyrrole nitrogens is 1. The summed E-state index contributed by atoms with van der Waals surface area (Å²) in [5.41, 5.74) is 1.38. The molecule has 0 unspecified atom stereocenters. The predicted octanol–water partition coefficient (Wildman–Crippen LogP) is 2.72. The van der Waals surface area contributed by atoms with Crippen LogP contribution < -0.4 is 5.32 Å². The van der Waals surface area contributed by atoms with Crippen molar-refractivity contribution in [1.29, 1.82) is 5.26 Å². The van der Waals surface area contributed by atoms with Gasteiger partial charge in [-0.1, -0.05) is 6.08 Å². The smallest absolute Gasteiger partial charge is 0.409 e. The lowest BCUT2D eigenvalue weighted by atomic mass is 9.92. The van der Waals surface area contributed by atoms with Crippen LogP contribution in [0.4, 0.5) is 4.79 Å². The molecule has 2 rings (SSSR count). The molecule has 1 aliphatic heterocycles. The zero-order valence-electron chi connectivity index (χ0n) is 14.3. The topological polar surface area (TPSA) is 98.2 Å². The van der Waals surface area contributed by atoms with E-state index in [0.29, 0.717) is 47.5 Å². The van der Waals surface area contributed by atoms with Gasteiger partial charge in [-0.3, -0.25) is 4.79 Å². The van der Waals surface area contributed by atoms with Gasteiger partial charge in [0.15, 0.2) is 0 Å². The average molecular weight is 409 g/mol. The molecule has 2 heterocycles. The van der Waals surface area contributed by atoms with Gasteiger partial charge in [-0.05, 0) is 36.2 Å². The van der Waals surface area contributed by atoms with E-state index in [4.69, 9.17) is 10.00 Å². The minimum atomic E-state index is -0.347. The Balaban J connectivity index is 2.07. The summed E-state index contributed by atoms with van der Waals surface area (Å²) in [5, 5.41) is 12.1. The summed E-state index contributed by atoms with van der Waals surface area (Å²) in [6, 6.07) is 1.92. The molecule has 134 valence electrons. The van der Waals surface area contributed by atoms with Crippen molar-refractivity contribution in [2.75, 3.05) is 19.7 Å². The molecule has 2 N–H and O–H groups in total. The molecule has 7 nitrogen and oxygen atoms in total. The third kappa shape index (κ3) is 4.04. The second-order valence-corrected chi connectivity index (χ2v) is 6.63. The van der Waals surface area contributed by atoms with Crippen LogP contribution >= 0.6 is 15.9 Å². The Labute approximate surface area is 155 Å². The van der Waals surface area contributed by atoms with E-state index >= 15 is 0 Å². The van der Waals surface area contributed by atoms with Crippen LogP contribution in [0.3, 0.4) is 0 Å². The van der Waals surface area contributed by atoms with Crippen molar-refractivity contribution < 1.29 is 14.3 Å². The van der Waals surface area contributed by atoms with Crippen LogP contribution in [0.15, 0.2) is 17.1 Å². The Morgan fingerprint density at radius 2 is 2.32 bits per heavy atom. The van der Waals surface area contributed by atoms with E-state index in [1.807, 2.05) is 0 Å². The number of hydrogen-bond acceptors (Lipinski definition) is 4. The monoisotopic (exact) mass is 408 g/mol. The minimum Gasteiger partial charge on any atom is -0.450 e. The Morgan fingerprint density at radius 3 is 2.88 bits per heavy atom. The quantitative estimate of drug-likeness (QED) is 0.748. The molecule has 0 saturated carbocycles. The van der Waals surface area contributed by atoms with Crippen molar-refractivity contribution in [2.45, 2.75) is 26.3 Å². The summed E-state index contributed by atoms with van der Waals surface area (Å²) >= 11 is 3.30. The standard InChI is InChI=1S/C17H21BrN4O3/c1-4-11-9-22(17(24)25-5-2)7-6-13(11)21-16(23)15-14(18)12(8-19)10(3)20-15/h4,11,13,20H,1,5-7,9H2,2-3H3,(H,21,23)/t11-,13+/m0/s1. The summed E-state index contributed by atoms with van der Waals surface area (Å²) in [7, 11) is 0. The number of aromatic nitrogens is 1. The van der Waals surface area contributed by atoms with Gasteiger partial charge >= 0.3 is 6.09 Å². The number of likely N-dealkylation sites (tertiary alicyclic amines) is 1. The molecule has 0 aromatic carbocycles. The van der Waals surface area contributed by atoms with Crippen LogP contribution in [0, 0.1) is 24.2 Å². The SMILES string of the molecule is C=C[C@H]1CN(C(=O)OCC)CC[C@H]1NC(=O)c1[nH]c(C)c(C#N)c1Br. The van der Waals surface area contributed by atoms with Crippen molar-refractivity contribution in [3.05, 3.63) is 34.1 Å². The van der Waals surface area contributed by atoms with E-state index in [2.05, 4.69) is 38.9 Å². The normalized spacial score (nSPS) is 19.8. The number of aryl methyl sites for hydroxylation is 1. The maximum absolute atomic E-state index is 12.6. The average Bonchev–Trinajstić information content (AvgIpc) is 2.89. The third-order valence-corrected chi connectivity index (χ3v) is 5.06. The lowest BCUT2D eigenvalue weighted by molar-refractivity contribution is 0.0788. The molecule has 2 atom stereocenters. The molecule has 0 aliphatic carbocycles. The minimum absolute atomic E-state index is 0.0765. The number of piperidine rings is 1. The molecule has 8 heteroatoms. The highest BCUT2D eigenvalue weighted by Crippen LogP contribution is 2.25. The van der Waals surface area contributed by atoms with Gasteiger partial charge in [0.1, 0.15) is 11.8 Å². The van der Waals surface area contributed by atoms with E-state index in [1.54, 1.807) is 24.8 Å². The van der Waals surface area contributed by atoms with Gasteiger partial charge in [0, 0.05) is 30.7 Å². The molecule has 1 aromatic rings. The van der Waals surface area contributed by atoms with Gasteiger partial charge in [-0.25, -0.2) is 4.79 Å². The first kappa shape index (κ1) is 19.1. The maximum Gasteiger partial charge on any atom is 0.409 e. The van der Waals surface area contributed by atoms with Gasteiger partial charge in [0.2, 0.25) is 0 Å². The maximum atomic E-state index is 12.6. The Hall–Kier alpha value is -2.27. The molecule has 0 spiro atoms. The Bertz CT molecular complexity index is 722. The number of amides is 2. The van der Waals surface area contributed by atoms with Gasteiger partial charge in [0.25, 0.3) is 5.91 Å². The first-order valence-electron chi connectivity index (χ1n) is 8.06. The lowest BCUT2D eigenvalue weighted by Gasteiger charge is -2.36. The second-order valence-electron chi connectivity index (χ2n) is 5.84. The first-order valence-corrected chi connectivity index (χ1v) is 8.85. The van der Waals surface area contributed by atoms with Crippen LogP contribution in [0.1, 0.15) is 35.1 Å². The lowest BCUT2D eigenvalue weighted by Crippen LogP contribution is -2.52. The molecular weight excluding hydrogens is 388 g/mol. The molecule has 1 saturated heterocycles. The van der Waals surface area contributed by atoms with Gasteiger partial charge in [-0.15, -0.1) is 6.58 Å². The van der Waals surface area contributed by atoms with Crippen LogP contribution in [0.2, 0.25) is 0 Å². The first-order chi connectivity index (χ1) is 11.9. The van der Waals surface area contributed by atoms with Crippen molar-refractivity contribution in [1.82, 2.24) is 15.2 Å². The number of aromatic amines is 1. The number of ether oxygens (including phenoxy) is 1. The summed E-state index contributed by atoms with van der Waals surface area (Å²) in [6.07, 6.45) is 2.00. The van der Waals surface area contributed by atoms with Crippen LogP contribution in [-0.4, -0.2) is 47.6 Å². The summed E-state index contributed by atoms with van der Waals surface area (Å²) < 4.78 is 5.49. The summed E-state index contributed by atoms with van der Waals surface area (Å²) in [5.74, 6) is -0.370. The van der Waals surface area contributed by atoms with Crippen LogP contribution in [-0.2, 0) is 4.74 Å². The molecule has 1 fully saturated rings. The number of carbonyl (C=O) groups is 2. The fraction of sp³-hybridized carbons (Fsp3) is 0.471. The molecule has 0 radical (unpaired) electrons. The highest BCUT2D eigenvalue weighted by atomic mass is 79.9. The highest BCUT2D eigenvalue weighted by molar-refractivity contribution is 9.10. The number of halogens is 1. The van der Waals surface area contributed by atoms with Crippen molar-refractivity contribution in [3.8, 4) is 6.07 Å². The van der Waals surface area contributed by atoms with Gasteiger partial charge < -0.3 is 19.9 Å². The Morgan fingerprint density at radius 1 is 1.60 bits per heavy atom. The van der Waals surface area contributed by atoms with Crippen LogP contribution in [0.25, 0.3) is 0 Å². The zero-order valence-corrected chi connectivity index (χ0v) is 15.9. The van der Waals surface area contributed by atoms with E-state index < -0.39 is 0 Å². The van der Waals surface area contributed by atoms with E-state index in [1.165, 1.54) is 0 Å². The second kappa shape index (κ2) is 8.21. The number of hydrogen-bond donors (Lipinski definition) is 2. The number of carbonyl (C=O) groups excluding carboxylic acids is 2. The van der Waals surface area contributed by atoms with Crippen molar-refractivity contribution >= 4 is 27.9 Å². The predicted molar refractivity (Wildman–Crippen MR) is 96.1 cm³/mol. The van der Waals surface area contributed by atoms with Crippen molar-refractivity contribution in [3.63, 3.8) is 0 Å². The van der Waals surface area contributed by atoms with Gasteiger partial charge in [0.05, 0.1) is 16.6 Å². The summed E-state index contributed by atoms with van der Waals surface area (Å²) in [4.78, 5) is 29.0. The molecule has 1 aromatic heterocycles. The fourth-order valence-electron chi connectivity index (χ4n) is 2.91. The molecule has 25 heavy (non-hydrogen) atoms. The van der Waals surface area contributed by atoms with Gasteiger partial charge in [-0.2, -0.15) is 5.26 Å². The van der Waals surface area contributed by atoms with E-state index in [0.717, 1.165) is 0 Å². The highest BCUT2D eigenvalue weighted by Gasteiger charge is 2.32. The van der Waals surface area contributed by atoms with E-state index in [-0.39, 0.29) is 24.0 Å². The number of nitrogens with one attached hydrogen (secondary N) is 2. The van der Waals surface area contributed by atoms with Crippen molar-refractivity contribution in [2.24, 2.45) is 5.92 Å². The zero-order chi connectivity index (χ0) is 18.6. The fourth-order valence-corrected chi connectivity index (χ4v) is 3.57. The van der Waals surface area contributed by atoms with E-state index in [9.17, 15) is 9.59 Å². The molecule has 2 amide bonds. The largest absolute Gasteiger partial charge is 0.450 e.